The third-order valence-corrected chi connectivity index (χ3v) is 8.23. The van der Waals surface area contributed by atoms with Crippen LogP contribution in [-0.4, -0.2) is 30.7 Å². The lowest BCUT2D eigenvalue weighted by Gasteiger charge is -2.09. The minimum atomic E-state index is -3.93. The van der Waals surface area contributed by atoms with E-state index in [0.29, 0.717) is 14.4 Å². The van der Waals surface area contributed by atoms with E-state index >= 15 is 0 Å². The van der Waals surface area contributed by atoms with Crippen molar-refractivity contribution < 1.29 is 23.1 Å². The number of carbonyl (C=O) groups is 1. The molecule has 0 spiro atoms. The zero-order valence-electron chi connectivity index (χ0n) is 13.7. The Balaban J connectivity index is 1.98. The lowest BCUT2D eigenvalue weighted by molar-refractivity contribution is 0.0702. The molecule has 0 aliphatic rings. The van der Waals surface area contributed by atoms with Crippen LogP contribution in [0.2, 0.25) is 0 Å². The maximum atomic E-state index is 13.0. The molecule has 10 heteroatoms. The highest BCUT2D eigenvalue weighted by Gasteiger charge is 2.27. The summed E-state index contributed by atoms with van der Waals surface area (Å²) in [5.74, 6) is -0.376. The Morgan fingerprint density at radius 3 is 2.56 bits per heavy atom. The third-order valence-electron chi connectivity index (χ3n) is 3.40. The predicted molar refractivity (Wildman–Crippen MR) is 107 cm³/mol. The Bertz CT molecular complexity index is 1100. The molecule has 6 nitrogen and oxygen atoms in total. The standard InChI is InChI=1S/C17H12BrNO5S3/c1-25-17-14(8-13(26-17)16(20)21)27(22,23)11-7-12(18)15(19-9-11)24-10-5-3-2-4-6-10/h2-9H,1H3,(H,20,21). The van der Waals surface area contributed by atoms with Crippen LogP contribution in [0.5, 0.6) is 11.6 Å². The molecule has 0 amide bonds. The van der Waals surface area contributed by atoms with Gasteiger partial charge in [-0.2, -0.15) is 0 Å². The van der Waals surface area contributed by atoms with E-state index in [0.717, 1.165) is 11.3 Å². The zero-order valence-corrected chi connectivity index (χ0v) is 17.8. The van der Waals surface area contributed by atoms with E-state index in [9.17, 15) is 13.2 Å². The molecule has 2 aromatic heterocycles. The van der Waals surface area contributed by atoms with Gasteiger partial charge in [-0.1, -0.05) is 18.2 Å². The van der Waals surface area contributed by atoms with Crippen LogP contribution in [0.15, 0.2) is 67.1 Å². The molecule has 0 saturated heterocycles. The summed E-state index contributed by atoms with van der Waals surface area (Å²) in [6, 6.07) is 11.5. The summed E-state index contributed by atoms with van der Waals surface area (Å²) in [6.45, 7) is 0. The first kappa shape index (κ1) is 19.9. The van der Waals surface area contributed by atoms with Crippen molar-refractivity contribution in [3.8, 4) is 11.6 Å². The highest BCUT2D eigenvalue weighted by molar-refractivity contribution is 9.10. The number of carboxylic acids is 1. The molecule has 0 radical (unpaired) electrons. The van der Waals surface area contributed by atoms with Crippen LogP contribution in [0.4, 0.5) is 0 Å². The van der Waals surface area contributed by atoms with Gasteiger partial charge < -0.3 is 9.84 Å². The molecule has 140 valence electrons. The van der Waals surface area contributed by atoms with Crippen molar-refractivity contribution in [2.24, 2.45) is 0 Å². The van der Waals surface area contributed by atoms with E-state index in [1.165, 1.54) is 30.1 Å². The molecule has 0 saturated carbocycles. The fourth-order valence-electron chi connectivity index (χ4n) is 2.15. The number of benzene rings is 1. The molecule has 2 heterocycles. The van der Waals surface area contributed by atoms with Crippen molar-refractivity contribution in [1.29, 1.82) is 0 Å². The number of ether oxygens (including phenoxy) is 1. The third kappa shape index (κ3) is 4.18. The van der Waals surface area contributed by atoms with Crippen LogP contribution >= 0.6 is 39.0 Å². The van der Waals surface area contributed by atoms with Crippen molar-refractivity contribution in [2.45, 2.75) is 14.0 Å². The summed E-state index contributed by atoms with van der Waals surface area (Å²) in [7, 11) is -3.93. The van der Waals surface area contributed by atoms with Crippen molar-refractivity contribution in [1.82, 2.24) is 4.98 Å². The second-order valence-corrected chi connectivity index (χ2v) is 10.0. The van der Waals surface area contributed by atoms with Crippen LogP contribution in [0, 0.1) is 0 Å². The van der Waals surface area contributed by atoms with Crippen LogP contribution in [0.3, 0.4) is 0 Å². The maximum Gasteiger partial charge on any atom is 0.345 e. The molecule has 0 atom stereocenters. The number of aromatic carboxylic acids is 1. The second kappa shape index (κ2) is 8.01. The fraction of sp³-hybridized carbons (Fsp3) is 0.0588. The molecular weight excluding hydrogens is 474 g/mol. The molecule has 27 heavy (non-hydrogen) atoms. The number of pyridine rings is 1. The topological polar surface area (TPSA) is 93.6 Å². The first-order valence-electron chi connectivity index (χ1n) is 7.37. The number of para-hydroxylation sites is 1. The average molecular weight is 486 g/mol. The molecule has 0 fully saturated rings. The van der Waals surface area contributed by atoms with Gasteiger partial charge in [0, 0.05) is 0 Å². The van der Waals surface area contributed by atoms with Crippen LogP contribution in [0.1, 0.15) is 9.67 Å². The van der Waals surface area contributed by atoms with Crippen molar-refractivity contribution in [2.75, 3.05) is 6.26 Å². The molecule has 0 bridgehead atoms. The van der Waals surface area contributed by atoms with Crippen molar-refractivity contribution in [3.05, 3.63) is 58.0 Å². The molecule has 1 aromatic carbocycles. The van der Waals surface area contributed by atoms with Crippen LogP contribution in [-0.2, 0) is 9.84 Å². The Kier molecular flexibility index (Phi) is 5.89. The van der Waals surface area contributed by atoms with E-state index in [2.05, 4.69) is 20.9 Å². The molecule has 0 unspecified atom stereocenters. The SMILES string of the molecule is CSc1sc(C(=O)O)cc1S(=O)(=O)c1cnc(Oc2ccccc2)c(Br)c1. The van der Waals surface area contributed by atoms with E-state index in [-0.39, 0.29) is 20.5 Å². The monoisotopic (exact) mass is 485 g/mol. The summed E-state index contributed by atoms with van der Waals surface area (Å²) in [5, 5.41) is 9.15. The fourth-order valence-corrected chi connectivity index (χ4v) is 6.54. The number of hydrogen-bond donors (Lipinski definition) is 1. The lowest BCUT2D eigenvalue weighted by atomic mass is 10.3. The summed E-state index contributed by atoms with van der Waals surface area (Å²) >= 11 is 5.39. The number of aromatic nitrogens is 1. The quantitative estimate of drug-likeness (QED) is 0.493. The highest BCUT2D eigenvalue weighted by Crippen LogP contribution is 2.38. The lowest BCUT2D eigenvalue weighted by Crippen LogP contribution is -2.03. The van der Waals surface area contributed by atoms with Gasteiger partial charge in [-0.3, -0.25) is 0 Å². The molecule has 0 aliphatic heterocycles. The molecular formula is C17H12BrNO5S3. The number of nitrogens with zero attached hydrogens (tertiary/aromatic N) is 1. The number of halogens is 1. The minimum Gasteiger partial charge on any atom is -0.477 e. The highest BCUT2D eigenvalue weighted by atomic mass is 79.9. The van der Waals surface area contributed by atoms with Gasteiger partial charge in [-0.05, 0) is 46.5 Å². The van der Waals surface area contributed by atoms with Crippen LogP contribution in [0.25, 0.3) is 0 Å². The van der Waals surface area contributed by atoms with Crippen molar-refractivity contribution in [3.63, 3.8) is 0 Å². The Morgan fingerprint density at radius 2 is 1.96 bits per heavy atom. The summed E-state index contributed by atoms with van der Waals surface area (Å²) < 4.78 is 32.3. The number of sulfone groups is 1. The minimum absolute atomic E-state index is 0.0334. The van der Waals surface area contributed by atoms with E-state index in [1.807, 2.05) is 18.2 Å². The second-order valence-electron chi connectivity index (χ2n) is 5.15. The summed E-state index contributed by atoms with van der Waals surface area (Å²) in [4.78, 5) is 15.2. The smallest absolute Gasteiger partial charge is 0.345 e. The van der Waals surface area contributed by atoms with Gasteiger partial charge in [0.05, 0.1) is 24.7 Å². The summed E-state index contributed by atoms with van der Waals surface area (Å²) in [5.41, 5.74) is 0. The number of thiophene rings is 1. The first-order chi connectivity index (χ1) is 12.8. The number of thioether (sulfide) groups is 1. The van der Waals surface area contributed by atoms with E-state index in [1.54, 1.807) is 18.4 Å². The Morgan fingerprint density at radius 1 is 1.26 bits per heavy atom. The van der Waals surface area contributed by atoms with E-state index < -0.39 is 15.8 Å². The predicted octanol–water partition coefficient (Wildman–Crippen LogP) is 4.95. The average Bonchev–Trinajstić information content (AvgIpc) is 3.10. The molecule has 3 rings (SSSR count). The van der Waals surface area contributed by atoms with Crippen molar-refractivity contribution >= 4 is 54.8 Å². The Hall–Kier alpha value is -1.88. The van der Waals surface area contributed by atoms with Gasteiger partial charge in [0.2, 0.25) is 15.7 Å². The number of carboxylic acid groups (broad SMARTS) is 1. The normalized spacial score (nSPS) is 11.3. The van der Waals surface area contributed by atoms with Gasteiger partial charge in [0.25, 0.3) is 0 Å². The molecule has 0 aliphatic carbocycles. The van der Waals surface area contributed by atoms with Gasteiger partial charge in [0.1, 0.15) is 10.6 Å². The van der Waals surface area contributed by atoms with E-state index in [4.69, 9.17) is 9.84 Å². The zero-order chi connectivity index (χ0) is 19.6. The Labute approximate surface area is 172 Å². The molecule has 3 aromatic rings. The number of rotatable bonds is 6. The molecule has 1 N–H and O–H groups in total. The van der Waals surface area contributed by atoms with Gasteiger partial charge in [0.15, 0.2) is 0 Å². The van der Waals surface area contributed by atoms with Gasteiger partial charge >= 0.3 is 5.97 Å². The van der Waals surface area contributed by atoms with Gasteiger partial charge in [-0.15, -0.1) is 23.1 Å². The maximum absolute atomic E-state index is 13.0. The first-order valence-corrected chi connectivity index (χ1v) is 11.7. The largest absolute Gasteiger partial charge is 0.477 e. The number of hydrogen-bond acceptors (Lipinski definition) is 7. The summed E-state index contributed by atoms with van der Waals surface area (Å²) in [6.07, 6.45) is 2.89. The van der Waals surface area contributed by atoms with Gasteiger partial charge in [-0.25, -0.2) is 18.2 Å². The van der Waals surface area contributed by atoms with Crippen LogP contribution < -0.4 is 4.74 Å².